The van der Waals surface area contributed by atoms with Crippen LogP contribution in [0.5, 0.6) is 5.75 Å². The molecule has 2 aromatic rings. The summed E-state index contributed by atoms with van der Waals surface area (Å²) in [6.07, 6.45) is 4.33. The summed E-state index contributed by atoms with van der Waals surface area (Å²) < 4.78 is 5.34. The van der Waals surface area contributed by atoms with Crippen LogP contribution < -0.4 is 15.4 Å². The summed E-state index contributed by atoms with van der Waals surface area (Å²) in [4.78, 5) is 36.4. The van der Waals surface area contributed by atoms with E-state index in [0.29, 0.717) is 35.5 Å². The Balaban J connectivity index is 1.73. The molecule has 1 aliphatic rings. The molecule has 0 fully saturated rings. The van der Waals surface area contributed by atoms with Crippen molar-refractivity contribution < 1.29 is 24.2 Å². The van der Waals surface area contributed by atoms with Crippen molar-refractivity contribution in [2.75, 3.05) is 17.7 Å². The number of amides is 2. The van der Waals surface area contributed by atoms with Gasteiger partial charge in [-0.25, -0.2) is 0 Å². The van der Waals surface area contributed by atoms with Gasteiger partial charge in [-0.1, -0.05) is 30.4 Å². The van der Waals surface area contributed by atoms with Gasteiger partial charge in [0.25, 0.3) is 5.91 Å². The van der Waals surface area contributed by atoms with Crippen molar-refractivity contribution in [1.29, 1.82) is 0 Å². The van der Waals surface area contributed by atoms with Crippen LogP contribution in [0.2, 0.25) is 0 Å². The number of aliphatic carboxylic acids is 1. The summed E-state index contributed by atoms with van der Waals surface area (Å²) in [6.45, 7) is 0. The minimum atomic E-state index is -0.981. The molecule has 2 atom stereocenters. The molecule has 0 saturated heterocycles. The van der Waals surface area contributed by atoms with E-state index in [-0.39, 0.29) is 11.8 Å². The molecule has 0 heterocycles. The van der Waals surface area contributed by atoms with Crippen LogP contribution in [0.15, 0.2) is 60.7 Å². The van der Waals surface area contributed by atoms with Gasteiger partial charge in [0.1, 0.15) is 5.75 Å². The molecule has 0 bridgehead atoms. The lowest BCUT2D eigenvalue weighted by Crippen LogP contribution is -2.34. The van der Waals surface area contributed by atoms with Gasteiger partial charge >= 0.3 is 5.97 Å². The molecule has 3 N–H and O–H groups in total. The third-order valence-electron chi connectivity index (χ3n) is 4.84. The summed E-state index contributed by atoms with van der Waals surface area (Å²) in [7, 11) is 1.46. The van der Waals surface area contributed by atoms with Crippen LogP contribution in [0.3, 0.4) is 0 Å². The van der Waals surface area contributed by atoms with Gasteiger partial charge in [0.15, 0.2) is 0 Å². The standard InChI is InChI=1S/C22H22N2O5/c1-29-19-13-15(23-21(26)16-9-5-6-10-17(16)22(27)28)11-12-18(19)24-20(25)14-7-3-2-4-8-14/h2-8,11-13,16-17H,9-10H2,1H3,(H,23,26)(H,24,25)(H,27,28). The lowest BCUT2D eigenvalue weighted by atomic mass is 9.82. The van der Waals surface area contributed by atoms with Crippen LogP contribution in [0.1, 0.15) is 23.2 Å². The number of hydrogen-bond acceptors (Lipinski definition) is 4. The predicted octanol–water partition coefficient (Wildman–Crippen LogP) is 3.55. The van der Waals surface area contributed by atoms with Crippen LogP contribution >= 0.6 is 0 Å². The van der Waals surface area contributed by atoms with E-state index in [2.05, 4.69) is 10.6 Å². The Hall–Kier alpha value is -3.61. The quantitative estimate of drug-likeness (QED) is 0.650. The number of nitrogens with one attached hydrogen (secondary N) is 2. The van der Waals surface area contributed by atoms with Crippen LogP contribution in [-0.4, -0.2) is 30.0 Å². The Morgan fingerprint density at radius 1 is 0.966 bits per heavy atom. The lowest BCUT2D eigenvalue weighted by Gasteiger charge is -2.24. The van der Waals surface area contributed by atoms with Crippen molar-refractivity contribution >= 4 is 29.2 Å². The molecule has 2 amide bonds. The topological polar surface area (TPSA) is 105 Å². The number of carbonyl (C=O) groups excluding carboxylic acids is 2. The molecule has 2 unspecified atom stereocenters. The van der Waals surface area contributed by atoms with Crippen molar-refractivity contribution in [2.45, 2.75) is 12.8 Å². The average molecular weight is 394 g/mol. The first-order valence-electron chi connectivity index (χ1n) is 9.22. The van der Waals surface area contributed by atoms with E-state index < -0.39 is 17.8 Å². The third kappa shape index (κ3) is 4.82. The van der Waals surface area contributed by atoms with Crippen molar-refractivity contribution in [1.82, 2.24) is 0 Å². The van der Waals surface area contributed by atoms with Gasteiger partial charge in [-0.2, -0.15) is 0 Å². The molecular formula is C22H22N2O5. The number of hydrogen-bond donors (Lipinski definition) is 3. The van der Waals surface area contributed by atoms with Crippen LogP contribution in [0.25, 0.3) is 0 Å². The summed E-state index contributed by atoms with van der Waals surface area (Å²) >= 11 is 0. The molecule has 0 saturated carbocycles. The van der Waals surface area contributed by atoms with Gasteiger partial charge in [-0.05, 0) is 37.1 Å². The van der Waals surface area contributed by atoms with Crippen molar-refractivity contribution in [3.63, 3.8) is 0 Å². The van der Waals surface area contributed by atoms with Crippen molar-refractivity contribution in [3.8, 4) is 5.75 Å². The number of carboxylic acid groups (broad SMARTS) is 1. The summed E-state index contributed by atoms with van der Waals surface area (Å²) in [5.41, 5.74) is 1.43. The molecule has 3 rings (SSSR count). The number of rotatable bonds is 6. The van der Waals surface area contributed by atoms with Crippen LogP contribution in [-0.2, 0) is 9.59 Å². The van der Waals surface area contributed by atoms with Crippen LogP contribution in [0, 0.1) is 11.8 Å². The second kappa shape index (κ2) is 9.05. The Morgan fingerprint density at radius 3 is 2.31 bits per heavy atom. The Morgan fingerprint density at radius 2 is 1.66 bits per heavy atom. The highest BCUT2D eigenvalue weighted by Crippen LogP contribution is 2.31. The van der Waals surface area contributed by atoms with E-state index >= 15 is 0 Å². The maximum atomic E-state index is 12.6. The van der Waals surface area contributed by atoms with Gasteiger partial charge in [0.05, 0.1) is 24.6 Å². The Kier molecular flexibility index (Phi) is 6.29. The fourth-order valence-electron chi connectivity index (χ4n) is 3.27. The molecule has 0 aliphatic heterocycles. The minimum Gasteiger partial charge on any atom is -0.494 e. The van der Waals surface area contributed by atoms with Gasteiger partial charge in [0.2, 0.25) is 5.91 Å². The van der Waals surface area contributed by atoms with Crippen molar-refractivity contribution in [2.24, 2.45) is 11.8 Å². The highest BCUT2D eigenvalue weighted by Gasteiger charge is 2.34. The second-order valence-electron chi connectivity index (χ2n) is 6.72. The van der Waals surface area contributed by atoms with Gasteiger partial charge in [0, 0.05) is 17.3 Å². The molecular weight excluding hydrogens is 372 g/mol. The number of methoxy groups -OCH3 is 1. The van der Waals surface area contributed by atoms with Crippen molar-refractivity contribution in [3.05, 3.63) is 66.2 Å². The highest BCUT2D eigenvalue weighted by atomic mass is 16.5. The molecule has 7 heteroatoms. The first-order chi connectivity index (χ1) is 14.0. The number of carboxylic acids is 1. The van der Waals surface area contributed by atoms with E-state index in [9.17, 15) is 19.5 Å². The van der Waals surface area contributed by atoms with E-state index in [1.807, 2.05) is 12.1 Å². The van der Waals surface area contributed by atoms with Gasteiger partial charge < -0.3 is 20.5 Å². The Labute approximate surface area is 168 Å². The van der Waals surface area contributed by atoms with Gasteiger partial charge in [-0.15, -0.1) is 0 Å². The molecule has 0 radical (unpaired) electrons. The normalized spacial score (nSPS) is 18.0. The maximum Gasteiger partial charge on any atom is 0.307 e. The molecule has 29 heavy (non-hydrogen) atoms. The number of allylic oxidation sites excluding steroid dienone is 2. The number of benzene rings is 2. The summed E-state index contributed by atoms with van der Waals surface area (Å²) in [6, 6.07) is 13.6. The SMILES string of the molecule is COc1cc(NC(=O)C2CC=CCC2C(=O)O)ccc1NC(=O)c1ccccc1. The summed E-state index contributed by atoms with van der Waals surface area (Å²) in [5.74, 6) is -2.62. The number of carbonyl (C=O) groups is 3. The zero-order valence-corrected chi connectivity index (χ0v) is 15.9. The van der Waals surface area contributed by atoms with E-state index in [1.54, 1.807) is 48.5 Å². The second-order valence-corrected chi connectivity index (χ2v) is 6.72. The predicted molar refractivity (Wildman–Crippen MR) is 109 cm³/mol. The lowest BCUT2D eigenvalue weighted by molar-refractivity contribution is -0.146. The fraction of sp³-hybridized carbons (Fsp3) is 0.227. The first-order valence-corrected chi connectivity index (χ1v) is 9.22. The molecule has 0 spiro atoms. The average Bonchev–Trinajstić information content (AvgIpc) is 2.75. The largest absolute Gasteiger partial charge is 0.494 e. The fourth-order valence-corrected chi connectivity index (χ4v) is 3.27. The zero-order chi connectivity index (χ0) is 20.8. The molecule has 7 nitrogen and oxygen atoms in total. The maximum absolute atomic E-state index is 12.6. The van der Waals surface area contributed by atoms with E-state index in [1.165, 1.54) is 7.11 Å². The smallest absolute Gasteiger partial charge is 0.307 e. The highest BCUT2D eigenvalue weighted by molar-refractivity contribution is 6.05. The molecule has 2 aromatic carbocycles. The van der Waals surface area contributed by atoms with Gasteiger partial charge in [-0.3, -0.25) is 14.4 Å². The molecule has 0 aromatic heterocycles. The number of ether oxygens (including phenoxy) is 1. The molecule has 150 valence electrons. The number of anilines is 2. The van der Waals surface area contributed by atoms with E-state index in [4.69, 9.17) is 4.74 Å². The third-order valence-corrected chi connectivity index (χ3v) is 4.84. The van der Waals surface area contributed by atoms with E-state index in [0.717, 1.165) is 0 Å². The monoisotopic (exact) mass is 394 g/mol. The summed E-state index contributed by atoms with van der Waals surface area (Å²) in [5, 5.41) is 14.9. The molecule has 1 aliphatic carbocycles. The Bertz CT molecular complexity index is 939. The zero-order valence-electron chi connectivity index (χ0n) is 15.9. The minimum absolute atomic E-state index is 0.279. The van der Waals surface area contributed by atoms with Crippen LogP contribution in [0.4, 0.5) is 11.4 Å². The first kappa shape index (κ1) is 20.1.